The predicted molar refractivity (Wildman–Crippen MR) is 155 cm³/mol. The SMILES string of the molecule is CSc1nccc(-c2c(-c3cccc(OCc4ccc(Cl)cc4)c3)nc(-c3c(Cl)cc(CO)cc3Cl)n2O)n1. The molecule has 0 radical (unpaired) electrons. The van der Waals surface area contributed by atoms with E-state index in [1.54, 1.807) is 24.4 Å². The third kappa shape index (κ3) is 5.85. The molecule has 0 aliphatic carbocycles. The van der Waals surface area contributed by atoms with Crippen LogP contribution in [0.15, 0.2) is 78.1 Å². The van der Waals surface area contributed by atoms with Gasteiger partial charge in [-0.25, -0.2) is 15.0 Å². The van der Waals surface area contributed by atoms with Gasteiger partial charge in [0.15, 0.2) is 11.0 Å². The van der Waals surface area contributed by atoms with Gasteiger partial charge in [-0.3, -0.25) is 0 Å². The number of benzene rings is 3. The number of ether oxygens (including phenoxy) is 1. The molecular weight excluding hydrogens is 579 g/mol. The van der Waals surface area contributed by atoms with Gasteiger partial charge in [0.1, 0.15) is 23.7 Å². The van der Waals surface area contributed by atoms with Gasteiger partial charge in [0.2, 0.25) is 0 Å². The number of aliphatic hydroxyl groups excluding tert-OH is 1. The number of aromatic nitrogens is 4. The zero-order chi connectivity index (χ0) is 27.5. The zero-order valence-electron chi connectivity index (χ0n) is 20.5. The minimum absolute atomic E-state index is 0.122. The van der Waals surface area contributed by atoms with Crippen LogP contribution in [0.25, 0.3) is 34.0 Å². The van der Waals surface area contributed by atoms with Crippen LogP contribution in [0.1, 0.15) is 11.1 Å². The summed E-state index contributed by atoms with van der Waals surface area (Å²) in [6.07, 6.45) is 3.48. The van der Waals surface area contributed by atoms with Gasteiger partial charge in [-0.05, 0) is 59.8 Å². The van der Waals surface area contributed by atoms with E-state index < -0.39 is 0 Å². The molecule has 2 aromatic heterocycles. The highest BCUT2D eigenvalue weighted by Crippen LogP contribution is 2.41. The maximum atomic E-state index is 11.4. The van der Waals surface area contributed by atoms with Crippen molar-refractivity contribution in [1.29, 1.82) is 0 Å². The number of thioether (sulfide) groups is 1. The van der Waals surface area contributed by atoms with Crippen molar-refractivity contribution in [2.75, 3.05) is 6.26 Å². The van der Waals surface area contributed by atoms with Crippen LogP contribution < -0.4 is 4.74 Å². The minimum atomic E-state index is -0.231. The molecular formula is C28H21Cl3N4O3S. The lowest BCUT2D eigenvalue weighted by Gasteiger charge is -2.10. The fourth-order valence-electron chi connectivity index (χ4n) is 3.99. The number of halogens is 3. The Hall–Kier alpha value is -3.27. The fraction of sp³-hybridized carbons (Fsp3) is 0.107. The first-order valence-corrected chi connectivity index (χ1v) is 14.0. The molecule has 2 N–H and O–H groups in total. The van der Waals surface area contributed by atoms with Crippen molar-refractivity contribution in [2.24, 2.45) is 0 Å². The summed E-state index contributed by atoms with van der Waals surface area (Å²) in [7, 11) is 0. The van der Waals surface area contributed by atoms with Crippen LogP contribution in [0.5, 0.6) is 5.75 Å². The second-order valence-corrected chi connectivity index (χ2v) is 10.4. The Kier molecular flexibility index (Phi) is 8.30. The topological polar surface area (TPSA) is 93.3 Å². The van der Waals surface area contributed by atoms with Crippen LogP contribution >= 0.6 is 46.6 Å². The second-order valence-electron chi connectivity index (χ2n) is 8.41. The molecule has 198 valence electrons. The molecule has 0 unspecified atom stereocenters. The Morgan fingerprint density at radius 3 is 2.36 bits per heavy atom. The van der Waals surface area contributed by atoms with Crippen LogP contribution in [0, 0.1) is 0 Å². The van der Waals surface area contributed by atoms with Crippen molar-refractivity contribution >= 4 is 46.6 Å². The largest absolute Gasteiger partial charge is 0.489 e. The number of hydrogen-bond acceptors (Lipinski definition) is 7. The van der Waals surface area contributed by atoms with Gasteiger partial charge in [-0.1, -0.05) is 70.8 Å². The lowest BCUT2D eigenvalue weighted by Crippen LogP contribution is -2.01. The first kappa shape index (κ1) is 27.3. The molecule has 0 spiro atoms. The van der Waals surface area contributed by atoms with Crippen LogP contribution in [-0.4, -0.2) is 36.3 Å². The van der Waals surface area contributed by atoms with Crippen LogP contribution in [0.2, 0.25) is 15.1 Å². The Bertz CT molecular complexity index is 1620. The number of aliphatic hydroxyl groups is 1. The summed E-state index contributed by atoms with van der Waals surface area (Å²) in [5.41, 5.74) is 3.72. The van der Waals surface area contributed by atoms with Gasteiger partial charge in [0.05, 0.1) is 27.9 Å². The Morgan fingerprint density at radius 1 is 0.923 bits per heavy atom. The maximum Gasteiger partial charge on any atom is 0.187 e. The van der Waals surface area contributed by atoms with Crippen molar-refractivity contribution in [1.82, 2.24) is 19.7 Å². The van der Waals surface area contributed by atoms with E-state index in [9.17, 15) is 10.3 Å². The minimum Gasteiger partial charge on any atom is -0.489 e. The molecule has 0 saturated heterocycles. The van der Waals surface area contributed by atoms with Gasteiger partial charge in [0, 0.05) is 16.8 Å². The Balaban J connectivity index is 1.62. The quantitative estimate of drug-likeness (QED) is 0.107. The normalized spacial score (nSPS) is 11.1. The number of hydrogen-bond donors (Lipinski definition) is 2. The smallest absolute Gasteiger partial charge is 0.187 e. The summed E-state index contributed by atoms with van der Waals surface area (Å²) in [4.78, 5) is 13.6. The van der Waals surface area contributed by atoms with Gasteiger partial charge in [-0.2, -0.15) is 4.73 Å². The van der Waals surface area contributed by atoms with Crippen LogP contribution in [0.4, 0.5) is 0 Å². The average Bonchev–Trinajstić information content (AvgIpc) is 3.29. The predicted octanol–water partition coefficient (Wildman–Crippen LogP) is 7.66. The van der Waals surface area contributed by atoms with E-state index in [2.05, 4.69) is 9.97 Å². The summed E-state index contributed by atoms with van der Waals surface area (Å²) in [6.45, 7) is 0.115. The van der Waals surface area contributed by atoms with Crippen molar-refractivity contribution < 1.29 is 15.1 Å². The highest BCUT2D eigenvalue weighted by atomic mass is 35.5. The lowest BCUT2D eigenvalue weighted by atomic mass is 10.1. The van der Waals surface area contributed by atoms with E-state index in [0.29, 0.717) is 56.3 Å². The molecule has 0 atom stereocenters. The van der Waals surface area contributed by atoms with Crippen molar-refractivity contribution in [3.8, 4) is 39.8 Å². The molecule has 0 fully saturated rings. The number of rotatable bonds is 8. The van der Waals surface area contributed by atoms with E-state index >= 15 is 0 Å². The summed E-state index contributed by atoms with van der Waals surface area (Å²) in [5.74, 6) is 0.731. The van der Waals surface area contributed by atoms with E-state index in [-0.39, 0.29) is 22.5 Å². The third-order valence-corrected chi connectivity index (χ3v) is 7.26. The fourth-order valence-corrected chi connectivity index (χ4v) is 5.17. The van der Waals surface area contributed by atoms with Crippen molar-refractivity contribution in [2.45, 2.75) is 18.4 Å². The average molecular weight is 600 g/mol. The van der Waals surface area contributed by atoms with Crippen molar-refractivity contribution in [3.63, 3.8) is 0 Å². The number of imidazole rings is 1. The van der Waals surface area contributed by atoms with Gasteiger partial charge >= 0.3 is 0 Å². The maximum absolute atomic E-state index is 11.4. The molecule has 3 aromatic carbocycles. The van der Waals surface area contributed by atoms with E-state index in [0.717, 1.165) is 10.3 Å². The molecule has 0 aliphatic rings. The molecule has 0 saturated carbocycles. The summed E-state index contributed by atoms with van der Waals surface area (Å²) < 4.78 is 6.95. The van der Waals surface area contributed by atoms with Gasteiger partial charge in [0.25, 0.3) is 0 Å². The monoisotopic (exact) mass is 598 g/mol. The van der Waals surface area contributed by atoms with Crippen LogP contribution in [0.3, 0.4) is 0 Å². The van der Waals surface area contributed by atoms with Crippen molar-refractivity contribution in [3.05, 3.63) is 99.1 Å². The molecule has 0 bridgehead atoms. The van der Waals surface area contributed by atoms with Gasteiger partial charge in [-0.15, -0.1) is 0 Å². The molecule has 7 nitrogen and oxygen atoms in total. The molecule has 39 heavy (non-hydrogen) atoms. The van der Waals surface area contributed by atoms with E-state index in [1.165, 1.54) is 11.8 Å². The van der Waals surface area contributed by atoms with E-state index in [1.807, 2.05) is 54.8 Å². The molecule has 2 heterocycles. The molecule has 0 amide bonds. The first-order chi connectivity index (χ1) is 18.9. The standard InChI is InChI=1S/C28H21Cl3N4O3S/c1-39-28-32-10-9-23(33-28)26-25(34-27(35(26)37)24-21(30)11-17(14-36)12-22(24)31)18-3-2-4-20(13-18)38-15-16-5-7-19(29)8-6-16/h2-13,36-37H,14-15H2,1H3. The van der Waals surface area contributed by atoms with Crippen LogP contribution in [-0.2, 0) is 13.2 Å². The molecule has 5 aromatic rings. The Morgan fingerprint density at radius 2 is 1.67 bits per heavy atom. The third-order valence-electron chi connectivity index (χ3n) is 5.85. The summed E-state index contributed by atoms with van der Waals surface area (Å²) in [6, 6.07) is 19.7. The second kappa shape index (κ2) is 11.9. The summed E-state index contributed by atoms with van der Waals surface area (Å²) >= 11 is 20.4. The summed E-state index contributed by atoms with van der Waals surface area (Å²) in [5, 5.41) is 22.6. The first-order valence-electron chi connectivity index (χ1n) is 11.6. The highest BCUT2D eigenvalue weighted by Gasteiger charge is 2.26. The number of nitrogens with zero attached hydrogens (tertiary/aromatic N) is 4. The molecule has 0 aliphatic heterocycles. The molecule has 11 heteroatoms. The molecule has 5 rings (SSSR count). The lowest BCUT2D eigenvalue weighted by molar-refractivity contribution is 0.195. The highest BCUT2D eigenvalue weighted by molar-refractivity contribution is 7.98. The van der Waals surface area contributed by atoms with Gasteiger partial charge < -0.3 is 15.1 Å². The Labute approximate surface area is 244 Å². The zero-order valence-corrected chi connectivity index (χ0v) is 23.6. The van der Waals surface area contributed by atoms with E-state index in [4.69, 9.17) is 44.5 Å².